The Balaban J connectivity index is 2.00. The lowest BCUT2D eigenvalue weighted by Crippen LogP contribution is -2.12. The van der Waals surface area contributed by atoms with Gasteiger partial charge in [-0.1, -0.05) is 12.2 Å². The highest BCUT2D eigenvalue weighted by Crippen LogP contribution is 2.03. The summed E-state index contributed by atoms with van der Waals surface area (Å²) in [5.74, 6) is 1.38. The summed E-state index contributed by atoms with van der Waals surface area (Å²) >= 11 is 4.80. The summed E-state index contributed by atoms with van der Waals surface area (Å²) in [5, 5.41) is 3.11. The average molecular weight is 260 g/mol. The number of thiocarbonyl (C=S) groups is 1. The van der Waals surface area contributed by atoms with Gasteiger partial charge in [0.25, 0.3) is 0 Å². The first-order chi connectivity index (χ1) is 8.65. The summed E-state index contributed by atoms with van der Waals surface area (Å²) in [6.45, 7) is 2.41. The van der Waals surface area contributed by atoms with E-state index in [2.05, 4.69) is 25.3 Å². The minimum atomic E-state index is 0.237. The number of aromatic nitrogens is 4. The summed E-state index contributed by atoms with van der Waals surface area (Å²) in [7, 11) is 0. The van der Waals surface area contributed by atoms with Crippen molar-refractivity contribution in [3.05, 3.63) is 41.9 Å². The average Bonchev–Trinajstić information content (AvgIpc) is 2.37. The molecule has 3 N–H and O–H groups in total. The molecule has 18 heavy (non-hydrogen) atoms. The van der Waals surface area contributed by atoms with Gasteiger partial charge >= 0.3 is 0 Å². The van der Waals surface area contributed by atoms with Gasteiger partial charge in [-0.15, -0.1) is 0 Å². The van der Waals surface area contributed by atoms with Crippen LogP contribution in [0, 0.1) is 6.92 Å². The Hall–Kier alpha value is -2.15. The quantitative estimate of drug-likeness (QED) is 0.786. The second-order valence-corrected chi connectivity index (χ2v) is 4.04. The minimum absolute atomic E-state index is 0.237. The first kappa shape index (κ1) is 12.3. The van der Waals surface area contributed by atoms with Gasteiger partial charge in [0.1, 0.15) is 22.3 Å². The van der Waals surface area contributed by atoms with E-state index in [9.17, 15) is 0 Å². The van der Waals surface area contributed by atoms with Gasteiger partial charge in [-0.05, 0) is 13.0 Å². The Morgan fingerprint density at radius 2 is 2.17 bits per heavy atom. The molecule has 7 heteroatoms. The third-order valence-electron chi connectivity index (χ3n) is 2.19. The zero-order valence-corrected chi connectivity index (χ0v) is 10.6. The molecule has 0 unspecified atom stereocenters. The molecule has 0 radical (unpaired) electrons. The fourth-order valence-corrected chi connectivity index (χ4v) is 1.44. The van der Waals surface area contributed by atoms with E-state index in [0.29, 0.717) is 18.1 Å². The van der Waals surface area contributed by atoms with Crippen LogP contribution in [0.2, 0.25) is 0 Å². The molecular weight excluding hydrogens is 248 g/mol. The molecule has 2 aromatic heterocycles. The van der Waals surface area contributed by atoms with Gasteiger partial charge in [-0.2, -0.15) is 0 Å². The van der Waals surface area contributed by atoms with Crippen molar-refractivity contribution in [2.24, 2.45) is 5.73 Å². The molecule has 2 aromatic rings. The fraction of sp³-hybridized carbons (Fsp3) is 0.182. The number of hydrogen-bond acceptors (Lipinski definition) is 6. The molecule has 0 saturated heterocycles. The largest absolute Gasteiger partial charge is 0.388 e. The molecule has 0 aliphatic heterocycles. The molecule has 2 heterocycles. The lowest BCUT2D eigenvalue weighted by Gasteiger charge is -2.05. The van der Waals surface area contributed by atoms with Crippen molar-refractivity contribution >= 4 is 23.0 Å². The molecule has 0 saturated carbocycles. The van der Waals surface area contributed by atoms with E-state index in [1.165, 1.54) is 6.20 Å². The molecule has 0 bridgehead atoms. The SMILES string of the molecule is Cc1nccc(CNc2cnc(C(N)=S)cn2)n1. The maximum atomic E-state index is 5.44. The highest BCUT2D eigenvalue weighted by atomic mass is 32.1. The summed E-state index contributed by atoms with van der Waals surface area (Å²) in [6.07, 6.45) is 4.85. The van der Waals surface area contributed by atoms with Gasteiger partial charge < -0.3 is 11.1 Å². The number of nitrogens with one attached hydrogen (secondary N) is 1. The monoisotopic (exact) mass is 260 g/mol. The van der Waals surface area contributed by atoms with Crippen LogP contribution in [-0.4, -0.2) is 24.9 Å². The molecule has 0 aliphatic rings. The number of anilines is 1. The highest BCUT2D eigenvalue weighted by Gasteiger charge is 2.00. The maximum absolute atomic E-state index is 5.44. The zero-order chi connectivity index (χ0) is 13.0. The van der Waals surface area contributed by atoms with Crippen LogP contribution >= 0.6 is 12.2 Å². The topological polar surface area (TPSA) is 89.6 Å². The van der Waals surface area contributed by atoms with Crippen LogP contribution in [-0.2, 0) is 6.54 Å². The predicted molar refractivity (Wildman–Crippen MR) is 72.0 cm³/mol. The van der Waals surface area contributed by atoms with E-state index in [-0.39, 0.29) is 4.99 Å². The molecule has 0 amide bonds. The molecule has 92 valence electrons. The molecule has 6 nitrogen and oxygen atoms in total. The first-order valence-corrected chi connectivity index (χ1v) is 5.70. The van der Waals surface area contributed by atoms with Gasteiger partial charge in [0, 0.05) is 6.20 Å². The van der Waals surface area contributed by atoms with Gasteiger partial charge in [0.15, 0.2) is 0 Å². The van der Waals surface area contributed by atoms with Crippen molar-refractivity contribution in [2.45, 2.75) is 13.5 Å². The smallest absolute Gasteiger partial charge is 0.144 e. The molecule has 0 aliphatic carbocycles. The van der Waals surface area contributed by atoms with Crippen LogP contribution in [0.3, 0.4) is 0 Å². The number of rotatable bonds is 4. The van der Waals surface area contributed by atoms with Crippen LogP contribution < -0.4 is 11.1 Å². The number of hydrogen-bond donors (Lipinski definition) is 2. The van der Waals surface area contributed by atoms with Crippen LogP contribution in [0.4, 0.5) is 5.82 Å². The van der Waals surface area contributed by atoms with Gasteiger partial charge in [-0.3, -0.25) is 0 Å². The van der Waals surface area contributed by atoms with Crippen molar-refractivity contribution in [1.82, 2.24) is 19.9 Å². The Kier molecular flexibility index (Phi) is 3.73. The van der Waals surface area contributed by atoms with E-state index in [1.54, 1.807) is 12.4 Å². The third kappa shape index (κ3) is 3.17. The Morgan fingerprint density at radius 1 is 1.33 bits per heavy atom. The van der Waals surface area contributed by atoms with Crippen LogP contribution in [0.15, 0.2) is 24.7 Å². The fourth-order valence-electron chi connectivity index (χ4n) is 1.33. The summed E-state index contributed by atoms with van der Waals surface area (Å²) in [4.78, 5) is 16.8. The van der Waals surface area contributed by atoms with E-state index in [1.807, 2.05) is 13.0 Å². The first-order valence-electron chi connectivity index (χ1n) is 5.29. The standard InChI is InChI=1S/C11H12N6S/c1-7-13-3-2-8(17-7)4-15-10-6-14-9(5-16-10)11(12)18/h2-3,5-6H,4H2,1H3,(H2,12,18)(H,15,16). The molecule has 0 aromatic carbocycles. The van der Waals surface area contributed by atoms with Crippen LogP contribution in [0.1, 0.15) is 17.2 Å². The minimum Gasteiger partial charge on any atom is -0.388 e. The van der Waals surface area contributed by atoms with Crippen LogP contribution in [0.25, 0.3) is 0 Å². The number of aryl methyl sites for hydroxylation is 1. The van der Waals surface area contributed by atoms with Crippen molar-refractivity contribution in [3.63, 3.8) is 0 Å². The van der Waals surface area contributed by atoms with Crippen molar-refractivity contribution in [2.75, 3.05) is 5.32 Å². The highest BCUT2D eigenvalue weighted by molar-refractivity contribution is 7.80. The molecule has 0 atom stereocenters. The Morgan fingerprint density at radius 3 is 2.78 bits per heavy atom. The second kappa shape index (κ2) is 5.46. The maximum Gasteiger partial charge on any atom is 0.144 e. The molecular formula is C11H12N6S. The Bertz CT molecular complexity index is 554. The van der Waals surface area contributed by atoms with Gasteiger partial charge in [0.05, 0.1) is 24.6 Å². The molecule has 2 rings (SSSR count). The van der Waals surface area contributed by atoms with E-state index >= 15 is 0 Å². The third-order valence-corrected chi connectivity index (χ3v) is 2.40. The van der Waals surface area contributed by atoms with Gasteiger partial charge in [0.2, 0.25) is 0 Å². The molecule has 0 spiro atoms. The summed E-state index contributed by atoms with van der Waals surface area (Å²) < 4.78 is 0. The van der Waals surface area contributed by atoms with Gasteiger partial charge in [-0.25, -0.2) is 19.9 Å². The lowest BCUT2D eigenvalue weighted by molar-refractivity contribution is 0.947. The zero-order valence-electron chi connectivity index (χ0n) is 9.79. The summed E-state index contributed by atoms with van der Waals surface area (Å²) in [6, 6.07) is 1.84. The van der Waals surface area contributed by atoms with Crippen molar-refractivity contribution < 1.29 is 0 Å². The van der Waals surface area contributed by atoms with E-state index < -0.39 is 0 Å². The number of nitrogens with two attached hydrogens (primary N) is 1. The number of nitrogens with zero attached hydrogens (tertiary/aromatic N) is 4. The predicted octanol–water partition coefficient (Wildman–Crippen LogP) is 0.821. The van der Waals surface area contributed by atoms with Crippen molar-refractivity contribution in [1.29, 1.82) is 0 Å². The summed E-state index contributed by atoms with van der Waals surface area (Å²) in [5.41, 5.74) is 6.84. The van der Waals surface area contributed by atoms with E-state index in [4.69, 9.17) is 18.0 Å². The van der Waals surface area contributed by atoms with Crippen molar-refractivity contribution in [3.8, 4) is 0 Å². The molecule has 0 fully saturated rings. The second-order valence-electron chi connectivity index (χ2n) is 3.60. The van der Waals surface area contributed by atoms with E-state index in [0.717, 1.165) is 11.5 Å². The normalized spacial score (nSPS) is 10.1. The Labute approximate surface area is 110 Å². The van der Waals surface area contributed by atoms with Crippen LogP contribution in [0.5, 0.6) is 0 Å². The lowest BCUT2D eigenvalue weighted by atomic mass is 10.4.